The zero-order chi connectivity index (χ0) is 17.5. The van der Waals surface area contributed by atoms with Gasteiger partial charge in [0.15, 0.2) is 8.24 Å². The lowest BCUT2D eigenvalue weighted by Crippen LogP contribution is -2.57. The van der Waals surface area contributed by atoms with E-state index < -0.39 is 8.24 Å². The van der Waals surface area contributed by atoms with Gasteiger partial charge in [0.1, 0.15) is 0 Å². The van der Waals surface area contributed by atoms with Crippen molar-refractivity contribution in [2.24, 2.45) is 0 Å². The van der Waals surface area contributed by atoms with Gasteiger partial charge in [-0.05, 0) is 28.4 Å². The zero-order valence-electron chi connectivity index (χ0n) is 15.4. The van der Waals surface area contributed by atoms with Crippen LogP contribution >= 0.6 is 0 Å². The Morgan fingerprint density at radius 2 is 1.48 bits per heavy atom. The SMILES string of the molecule is CC[Si](CC)(C(=Cc1ccccc1)c1ccccc1)N1CCOCC1. The molecule has 1 aliphatic heterocycles. The van der Waals surface area contributed by atoms with E-state index in [-0.39, 0.29) is 0 Å². The summed E-state index contributed by atoms with van der Waals surface area (Å²) in [7, 11) is -1.78. The minimum Gasteiger partial charge on any atom is -0.379 e. The molecule has 0 bridgehead atoms. The van der Waals surface area contributed by atoms with Crippen LogP contribution in [0.2, 0.25) is 12.1 Å². The highest BCUT2D eigenvalue weighted by atomic mass is 28.3. The summed E-state index contributed by atoms with van der Waals surface area (Å²) in [5, 5.41) is 1.56. The van der Waals surface area contributed by atoms with E-state index >= 15 is 0 Å². The third-order valence-corrected chi connectivity index (χ3v) is 10.9. The highest BCUT2D eigenvalue weighted by Gasteiger charge is 2.41. The van der Waals surface area contributed by atoms with Crippen molar-refractivity contribution in [3.63, 3.8) is 0 Å². The van der Waals surface area contributed by atoms with Gasteiger partial charge in [-0.25, -0.2) is 0 Å². The fourth-order valence-electron chi connectivity index (χ4n) is 4.06. The van der Waals surface area contributed by atoms with Gasteiger partial charge in [-0.3, -0.25) is 0 Å². The maximum absolute atomic E-state index is 5.65. The maximum atomic E-state index is 5.65. The smallest absolute Gasteiger partial charge is 0.160 e. The van der Waals surface area contributed by atoms with Crippen molar-refractivity contribution in [1.29, 1.82) is 0 Å². The van der Waals surface area contributed by atoms with Gasteiger partial charge in [0.2, 0.25) is 0 Å². The van der Waals surface area contributed by atoms with Crippen molar-refractivity contribution in [2.75, 3.05) is 26.3 Å². The highest BCUT2D eigenvalue weighted by Crippen LogP contribution is 2.37. The van der Waals surface area contributed by atoms with Gasteiger partial charge in [0.25, 0.3) is 0 Å². The average Bonchev–Trinajstić information content (AvgIpc) is 2.71. The summed E-state index contributed by atoms with van der Waals surface area (Å²) in [6.07, 6.45) is 2.45. The fourth-order valence-corrected chi connectivity index (χ4v) is 8.73. The lowest BCUT2D eigenvalue weighted by molar-refractivity contribution is 0.0691. The van der Waals surface area contributed by atoms with Gasteiger partial charge in [-0.1, -0.05) is 80.6 Å². The predicted molar refractivity (Wildman–Crippen MR) is 110 cm³/mol. The molecule has 2 aromatic carbocycles. The third kappa shape index (κ3) is 3.95. The first-order chi connectivity index (χ1) is 12.3. The Labute approximate surface area is 153 Å². The lowest BCUT2D eigenvalue weighted by Gasteiger charge is -2.45. The van der Waals surface area contributed by atoms with Gasteiger partial charge in [0.05, 0.1) is 13.2 Å². The first-order valence-corrected chi connectivity index (χ1v) is 11.8. The lowest BCUT2D eigenvalue weighted by atomic mass is 10.1. The normalized spacial score (nSPS) is 16.8. The first kappa shape index (κ1) is 18.1. The minimum absolute atomic E-state index is 0.863. The van der Waals surface area contributed by atoms with Gasteiger partial charge < -0.3 is 9.30 Å². The molecule has 0 aliphatic carbocycles. The van der Waals surface area contributed by atoms with Crippen molar-refractivity contribution in [2.45, 2.75) is 25.9 Å². The van der Waals surface area contributed by atoms with Gasteiger partial charge in [0, 0.05) is 13.1 Å². The Bertz CT molecular complexity index is 674. The molecule has 3 heteroatoms. The second kappa shape index (κ2) is 8.61. The summed E-state index contributed by atoms with van der Waals surface area (Å²) in [5.74, 6) is 0. The Morgan fingerprint density at radius 1 is 0.920 bits per heavy atom. The third-order valence-electron chi connectivity index (χ3n) is 5.48. The number of nitrogens with zero attached hydrogens (tertiary/aromatic N) is 1. The van der Waals surface area contributed by atoms with Gasteiger partial charge >= 0.3 is 0 Å². The van der Waals surface area contributed by atoms with Crippen LogP contribution in [0.3, 0.4) is 0 Å². The van der Waals surface area contributed by atoms with E-state index in [1.807, 2.05) is 0 Å². The quantitative estimate of drug-likeness (QED) is 0.531. The Hall–Kier alpha value is -1.68. The van der Waals surface area contributed by atoms with E-state index in [9.17, 15) is 0 Å². The number of morpholine rings is 1. The highest BCUT2D eigenvalue weighted by molar-refractivity contribution is 6.95. The van der Waals surface area contributed by atoms with Crippen LogP contribution in [-0.4, -0.2) is 39.1 Å². The molecule has 25 heavy (non-hydrogen) atoms. The van der Waals surface area contributed by atoms with Crippen LogP contribution in [0.25, 0.3) is 11.3 Å². The molecule has 0 N–H and O–H groups in total. The van der Waals surface area contributed by atoms with E-state index in [2.05, 4.69) is 85.2 Å². The summed E-state index contributed by atoms with van der Waals surface area (Å²) in [4.78, 5) is 0. The summed E-state index contributed by atoms with van der Waals surface area (Å²) < 4.78 is 8.42. The van der Waals surface area contributed by atoms with Crippen LogP contribution in [-0.2, 0) is 4.74 Å². The molecule has 1 heterocycles. The van der Waals surface area contributed by atoms with E-state index in [1.54, 1.807) is 5.20 Å². The molecule has 3 rings (SSSR count). The van der Waals surface area contributed by atoms with E-state index in [0.29, 0.717) is 0 Å². The molecule has 0 spiro atoms. The van der Waals surface area contributed by atoms with E-state index in [1.165, 1.54) is 23.2 Å². The topological polar surface area (TPSA) is 12.5 Å². The van der Waals surface area contributed by atoms with Crippen molar-refractivity contribution in [1.82, 2.24) is 4.57 Å². The van der Waals surface area contributed by atoms with Crippen molar-refractivity contribution >= 4 is 19.5 Å². The van der Waals surface area contributed by atoms with Gasteiger partial charge in [-0.2, -0.15) is 0 Å². The molecule has 0 amide bonds. The van der Waals surface area contributed by atoms with Crippen LogP contribution in [0.15, 0.2) is 60.7 Å². The molecule has 1 saturated heterocycles. The molecule has 132 valence electrons. The Morgan fingerprint density at radius 3 is 2.04 bits per heavy atom. The number of hydrogen-bond donors (Lipinski definition) is 0. The molecular weight excluding hydrogens is 322 g/mol. The standard InChI is InChI=1S/C22H29NOSi/c1-3-25(4-2,23-15-17-24-18-16-23)22(21-13-9-6-10-14-21)19-20-11-7-5-8-12-20/h5-14,19H,3-4,15-18H2,1-2H3. The molecule has 0 aromatic heterocycles. The van der Waals surface area contributed by atoms with Crippen molar-refractivity contribution in [3.8, 4) is 0 Å². The Kier molecular flexibility index (Phi) is 6.24. The summed E-state index contributed by atoms with van der Waals surface area (Å²) >= 11 is 0. The van der Waals surface area contributed by atoms with Crippen molar-refractivity contribution < 1.29 is 4.74 Å². The molecule has 1 aliphatic rings. The second-order valence-electron chi connectivity index (χ2n) is 6.67. The average molecular weight is 352 g/mol. The Balaban J connectivity index is 2.12. The molecule has 0 atom stereocenters. The van der Waals surface area contributed by atoms with E-state index in [4.69, 9.17) is 4.74 Å². The second-order valence-corrected chi connectivity index (χ2v) is 11.3. The predicted octanol–water partition coefficient (Wildman–Crippen LogP) is 5.08. The molecule has 0 radical (unpaired) electrons. The number of ether oxygens (including phenoxy) is 1. The number of benzene rings is 2. The fraction of sp³-hybridized carbons (Fsp3) is 0.364. The monoisotopic (exact) mass is 351 g/mol. The molecule has 0 saturated carbocycles. The van der Waals surface area contributed by atoms with Crippen LogP contribution in [0, 0.1) is 0 Å². The van der Waals surface area contributed by atoms with Crippen LogP contribution in [0.4, 0.5) is 0 Å². The minimum atomic E-state index is -1.78. The van der Waals surface area contributed by atoms with Crippen molar-refractivity contribution in [3.05, 3.63) is 71.8 Å². The van der Waals surface area contributed by atoms with Gasteiger partial charge in [-0.15, -0.1) is 0 Å². The number of rotatable bonds is 6. The van der Waals surface area contributed by atoms with Crippen LogP contribution < -0.4 is 0 Å². The molecular formula is C22H29NOSi. The maximum Gasteiger partial charge on any atom is 0.160 e. The first-order valence-electron chi connectivity index (χ1n) is 9.45. The van der Waals surface area contributed by atoms with Crippen LogP contribution in [0.5, 0.6) is 0 Å². The molecule has 1 fully saturated rings. The molecule has 2 nitrogen and oxygen atoms in total. The van der Waals surface area contributed by atoms with Crippen LogP contribution in [0.1, 0.15) is 25.0 Å². The summed E-state index contributed by atoms with van der Waals surface area (Å²) in [5.41, 5.74) is 2.68. The zero-order valence-corrected chi connectivity index (χ0v) is 16.4. The summed E-state index contributed by atoms with van der Waals surface area (Å²) in [6.45, 7) is 8.62. The largest absolute Gasteiger partial charge is 0.379 e. The summed E-state index contributed by atoms with van der Waals surface area (Å²) in [6, 6.07) is 24.2. The molecule has 2 aromatic rings. The number of hydrogen-bond acceptors (Lipinski definition) is 2. The van der Waals surface area contributed by atoms with E-state index in [0.717, 1.165) is 26.3 Å². The molecule has 0 unspecified atom stereocenters.